The van der Waals surface area contributed by atoms with E-state index in [1.165, 1.54) is 0 Å². The highest BCUT2D eigenvalue weighted by Crippen LogP contribution is 2.42. The molecule has 162 valence electrons. The fraction of sp³-hybridized carbons (Fsp3) is 0.870. The van der Waals surface area contributed by atoms with Crippen LogP contribution in [0.25, 0.3) is 0 Å². The van der Waals surface area contributed by atoms with Gasteiger partial charge in [0.2, 0.25) is 0 Å². The number of allylic oxidation sites excluding steroid dienone is 2. The monoisotopic (exact) mass is 396 g/mol. The second-order valence-electron chi connectivity index (χ2n) is 9.77. The van der Waals surface area contributed by atoms with Gasteiger partial charge in [0.05, 0.1) is 24.2 Å². The summed E-state index contributed by atoms with van der Waals surface area (Å²) in [5, 5.41) is 40.4. The third-order valence-electron chi connectivity index (χ3n) is 7.13. The molecule has 0 amide bonds. The minimum atomic E-state index is -0.701. The van der Waals surface area contributed by atoms with E-state index in [9.17, 15) is 20.1 Å². The Kier molecular flexibility index (Phi) is 8.53. The molecule has 0 aromatic heterocycles. The van der Waals surface area contributed by atoms with E-state index in [1.54, 1.807) is 0 Å². The van der Waals surface area contributed by atoms with E-state index < -0.39 is 24.3 Å². The predicted octanol–water partition coefficient (Wildman–Crippen LogP) is 3.76. The van der Waals surface area contributed by atoms with Gasteiger partial charge in [0.25, 0.3) is 0 Å². The molecule has 0 heterocycles. The van der Waals surface area contributed by atoms with Crippen LogP contribution in [0.5, 0.6) is 0 Å². The molecular formula is C23H40O5. The first-order valence-corrected chi connectivity index (χ1v) is 11.1. The summed E-state index contributed by atoms with van der Waals surface area (Å²) < 4.78 is 0. The van der Waals surface area contributed by atoms with Crippen LogP contribution in [0, 0.1) is 29.1 Å². The SMILES string of the molecule is CCCCC(C)(C)[C@@H](O)CC[C@@H]1[C@@H](C/C=C\C[C@@H]2C[C@H]2C(=O)O)[C@@H](O)C[C@H]1O. The molecule has 2 rings (SSSR count). The molecule has 2 saturated carbocycles. The lowest BCUT2D eigenvalue weighted by Crippen LogP contribution is -2.31. The minimum absolute atomic E-state index is 0.00367. The van der Waals surface area contributed by atoms with Gasteiger partial charge in [-0.2, -0.15) is 0 Å². The van der Waals surface area contributed by atoms with Crippen LogP contribution in [0.15, 0.2) is 12.2 Å². The van der Waals surface area contributed by atoms with Crippen LogP contribution in [0.1, 0.15) is 78.6 Å². The number of carboxylic acids is 1. The summed E-state index contributed by atoms with van der Waals surface area (Å²) >= 11 is 0. The van der Waals surface area contributed by atoms with E-state index in [-0.39, 0.29) is 29.1 Å². The van der Waals surface area contributed by atoms with Crippen molar-refractivity contribution in [1.29, 1.82) is 0 Å². The van der Waals surface area contributed by atoms with Crippen molar-refractivity contribution in [1.82, 2.24) is 0 Å². The van der Waals surface area contributed by atoms with Gasteiger partial charge in [-0.05, 0) is 68.1 Å². The van der Waals surface area contributed by atoms with Gasteiger partial charge >= 0.3 is 5.97 Å². The molecule has 4 N–H and O–H groups in total. The highest BCUT2D eigenvalue weighted by atomic mass is 16.4. The van der Waals surface area contributed by atoms with Crippen molar-refractivity contribution in [3.63, 3.8) is 0 Å². The molecule has 5 heteroatoms. The molecule has 5 nitrogen and oxygen atoms in total. The summed E-state index contributed by atoms with van der Waals surface area (Å²) in [6.45, 7) is 6.37. The van der Waals surface area contributed by atoms with Crippen LogP contribution in [0.3, 0.4) is 0 Å². The van der Waals surface area contributed by atoms with Crippen molar-refractivity contribution >= 4 is 5.97 Å². The van der Waals surface area contributed by atoms with Gasteiger partial charge < -0.3 is 20.4 Å². The number of hydrogen-bond acceptors (Lipinski definition) is 4. The summed E-state index contributed by atoms with van der Waals surface area (Å²) in [6, 6.07) is 0. The summed E-state index contributed by atoms with van der Waals surface area (Å²) in [4.78, 5) is 10.9. The predicted molar refractivity (Wildman–Crippen MR) is 110 cm³/mol. The van der Waals surface area contributed by atoms with E-state index in [0.29, 0.717) is 19.3 Å². The van der Waals surface area contributed by atoms with Crippen LogP contribution in [-0.2, 0) is 4.79 Å². The fourth-order valence-electron chi connectivity index (χ4n) is 4.78. The number of hydrogen-bond donors (Lipinski definition) is 4. The third-order valence-corrected chi connectivity index (χ3v) is 7.13. The molecule has 2 fully saturated rings. The topological polar surface area (TPSA) is 98.0 Å². The Bertz CT molecular complexity index is 529. The molecule has 28 heavy (non-hydrogen) atoms. The van der Waals surface area contributed by atoms with Crippen LogP contribution < -0.4 is 0 Å². The Hall–Kier alpha value is -0.910. The normalized spacial score (nSPS) is 34.1. The molecule has 0 aliphatic heterocycles. The highest BCUT2D eigenvalue weighted by molar-refractivity contribution is 5.73. The van der Waals surface area contributed by atoms with Crippen molar-refractivity contribution in [2.24, 2.45) is 29.1 Å². The largest absolute Gasteiger partial charge is 0.481 e. The molecule has 0 radical (unpaired) electrons. The van der Waals surface area contributed by atoms with Crippen LogP contribution >= 0.6 is 0 Å². The molecule has 0 bridgehead atoms. The Balaban J connectivity index is 1.81. The Morgan fingerprint density at radius 2 is 1.75 bits per heavy atom. The number of aliphatic hydroxyl groups excluding tert-OH is 3. The van der Waals surface area contributed by atoms with E-state index >= 15 is 0 Å². The molecule has 7 atom stereocenters. The van der Waals surface area contributed by atoms with E-state index in [2.05, 4.69) is 20.8 Å². The average molecular weight is 397 g/mol. The van der Waals surface area contributed by atoms with Crippen molar-refractivity contribution in [3.05, 3.63) is 12.2 Å². The van der Waals surface area contributed by atoms with Crippen molar-refractivity contribution in [3.8, 4) is 0 Å². The zero-order chi connectivity index (χ0) is 20.9. The van der Waals surface area contributed by atoms with Gasteiger partial charge in [0.1, 0.15) is 0 Å². The van der Waals surface area contributed by atoms with Crippen molar-refractivity contribution in [2.45, 2.75) is 96.9 Å². The van der Waals surface area contributed by atoms with Gasteiger partial charge in [-0.3, -0.25) is 4.79 Å². The molecule has 0 spiro atoms. The van der Waals surface area contributed by atoms with Gasteiger partial charge in [-0.15, -0.1) is 0 Å². The maximum atomic E-state index is 10.9. The number of aliphatic hydroxyl groups is 3. The summed E-state index contributed by atoms with van der Waals surface area (Å²) in [5.41, 5.74) is -0.126. The van der Waals surface area contributed by atoms with E-state index in [0.717, 1.165) is 38.5 Å². The summed E-state index contributed by atoms with van der Waals surface area (Å²) in [6.07, 6.45) is 9.86. The number of rotatable bonds is 12. The van der Waals surface area contributed by atoms with Crippen molar-refractivity contribution in [2.75, 3.05) is 0 Å². The first-order valence-electron chi connectivity index (χ1n) is 11.1. The zero-order valence-corrected chi connectivity index (χ0v) is 17.8. The van der Waals surface area contributed by atoms with Gasteiger partial charge in [-0.1, -0.05) is 45.8 Å². The fourth-order valence-corrected chi connectivity index (χ4v) is 4.78. The first kappa shape index (κ1) is 23.4. The molecule has 0 aromatic rings. The molecule has 0 unspecified atom stereocenters. The summed E-state index contributed by atoms with van der Waals surface area (Å²) in [7, 11) is 0. The van der Waals surface area contributed by atoms with Crippen LogP contribution in [-0.4, -0.2) is 44.7 Å². The number of carboxylic acid groups (broad SMARTS) is 1. The second-order valence-corrected chi connectivity index (χ2v) is 9.77. The second kappa shape index (κ2) is 10.2. The molecular weight excluding hydrogens is 356 g/mol. The van der Waals surface area contributed by atoms with E-state index in [1.807, 2.05) is 12.2 Å². The molecule has 0 saturated heterocycles. The maximum Gasteiger partial charge on any atom is 0.306 e. The Labute approximate surface area is 169 Å². The highest BCUT2D eigenvalue weighted by Gasteiger charge is 2.43. The van der Waals surface area contributed by atoms with Crippen molar-refractivity contribution < 1.29 is 25.2 Å². The standard InChI is InChI=1S/C23H40O5/c1-4-5-12-23(2,3)21(26)11-10-17-16(19(24)14-20(17)25)9-7-6-8-15-13-18(15)22(27)28/h6-7,15-21,24-26H,4-5,8-14H2,1-3H3,(H,27,28)/b7-6-/t15-,16-,17-,18-,19+,20-,21+/m1/s1. The number of carbonyl (C=O) groups is 1. The third kappa shape index (κ3) is 6.30. The van der Waals surface area contributed by atoms with Crippen LogP contribution in [0.4, 0.5) is 0 Å². The average Bonchev–Trinajstić information content (AvgIpc) is 3.35. The lowest BCUT2D eigenvalue weighted by Gasteiger charge is -2.32. The Morgan fingerprint density at radius 1 is 1.11 bits per heavy atom. The maximum absolute atomic E-state index is 10.9. The smallest absolute Gasteiger partial charge is 0.306 e. The first-order chi connectivity index (χ1) is 13.2. The Morgan fingerprint density at radius 3 is 2.36 bits per heavy atom. The zero-order valence-electron chi connectivity index (χ0n) is 17.8. The number of aliphatic carboxylic acids is 1. The lowest BCUT2D eigenvalue weighted by molar-refractivity contribution is -0.138. The lowest BCUT2D eigenvalue weighted by atomic mass is 9.77. The molecule has 0 aromatic carbocycles. The van der Waals surface area contributed by atoms with Gasteiger partial charge in [0.15, 0.2) is 0 Å². The minimum Gasteiger partial charge on any atom is -0.481 e. The quantitative estimate of drug-likeness (QED) is 0.377. The molecule has 2 aliphatic carbocycles. The van der Waals surface area contributed by atoms with E-state index in [4.69, 9.17) is 5.11 Å². The van der Waals surface area contributed by atoms with Gasteiger partial charge in [-0.25, -0.2) is 0 Å². The number of unbranched alkanes of at least 4 members (excludes halogenated alkanes) is 1. The van der Waals surface area contributed by atoms with Crippen LogP contribution in [0.2, 0.25) is 0 Å². The molecule has 2 aliphatic rings. The summed E-state index contributed by atoms with van der Waals surface area (Å²) in [5.74, 6) is -0.623. The van der Waals surface area contributed by atoms with Gasteiger partial charge in [0, 0.05) is 0 Å².